The molecule has 1 unspecified atom stereocenters. The number of rotatable bonds is 6. The smallest absolute Gasteiger partial charge is 0.240 e. The summed E-state index contributed by atoms with van der Waals surface area (Å²) in [7, 11) is -3.68. The number of hydrogen-bond acceptors (Lipinski definition) is 4. The van der Waals surface area contributed by atoms with Crippen molar-refractivity contribution in [3.8, 4) is 0 Å². The average molecular weight is 410 g/mol. The zero-order valence-electron chi connectivity index (χ0n) is 14.7. The summed E-state index contributed by atoms with van der Waals surface area (Å²) in [6, 6.07) is 10.6. The number of nitrogens with zero attached hydrogens (tertiary/aromatic N) is 2. The molecule has 1 N–H and O–H groups in total. The standard InChI is InChI=1S/C18H20ClN3O2S2/c1-12-6-7-15(19)10-18(12)26(23,24)20-11-16(17-5-4-8-25-17)22-14(3)9-13(2)21-22/h4-10,16,20H,11H2,1-3H3. The van der Waals surface area contributed by atoms with Crippen LogP contribution in [0.1, 0.15) is 27.9 Å². The lowest BCUT2D eigenvalue weighted by atomic mass is 10.2. The maximum atomic E-state index is 12.8. The number of aromatic nitrogens is 2. The normalized spacial score (nSPS) is 13.1. The Kier molecular flexibility index (Phi) is 5.53. The summed E-state index contributed by atoms with van der Waals surface area (Å²) in [6.45, 7) is 5.85. The van der Waals surface area contributed by atoms with Crippen molar-refractivity contribution < 1.29 is 8.42 Å². The van der Waals surface area contributed by atoms with Gasteiger partial charge in [-0.1, -0.05) is 23.7 Å². The first-order valence-electron chi connectivity index (χ1n) is 8.10. The average Bonchev–Trinajstić information content (AvgIpc) is 3.20. The molecule has 5 nitrogen and oxygen atoms in total. The zero-order valence-corrected chi connectivity index (χ0v) is 17.1. The molecule has 0 aliphatic heterocycles. The highest BCUT2D eigenvalue weighted by Gasteiger charge is 2.23. The summed E-state index contributed by atoms with van der Waals surface area (Å²) in [4.78, 5) is 1.24. The number of benzene rings is 1. The molecule has 1 aromatic carbocycles. The van der Waals surface area contributed by atoms with Crippen molar-refractivity contribution in [3.05, 3.63) is 68.6 Å². The monoisotopic (exact) mass is 409 g/mol. The number of nitrogens with one attached hydrogen (secondary N) is 1. The van der Waals surface area contributed by atoms with Gasteiger partial charge in [0.15, 0.2) is 0 Å². The lowest BCUT2D eigenvalue weighted by molar-refractivity contribution is 0.499. The number of sulfonamides is 1. The van der Waals surface area contributed by atoms with Crippen molar-refractivity contribution in [2.24, 2.45) is 0 Å². The Balaban J connectivity index is 1.91. The van der Waals surface area contributed by atoms with Gasteiger partial charge in [0.1, 0.15) is 0 Å². The van der Waals surface area contributed by atoms with E-state index in [0.717, 1.165) is 16.3 Å². The number of aryl methyl sites for hydroxylation is 3. The molecule has 26 heavy (non-hydrogen) atoms. The van der Waals surface area contributed by atoms with Crippen molar-refractivity contribution >= 4 is 33.0 Å². The van der Waals surface area contributed by atoms with Gasteiger partial charge in [-0.15, -0.1) is 11.3 Å². The molecule has 2 aromatic heterocycles. The van der Waals surface area contributed by atoms with E-state index in [1.54, 1.807) is 30.4 Å². The highest BCUT2D eigenvalue weighted by atomic mass is 35.5. The van der Waals surface area contributed by atoms with E-state index in [-0.39, 0.29) is 17.5 Å². The molecular weight excluding hydrogens is 390 g/mol. The lowest BCUT2D eigenvalue weighted by Gasteiger charge is -2.19. The largest absolute Gasteiger partial charge is 0.260 e. The highest BCUT2D eigenvalue weighted by Crippen LogP contribution is 2.25. The van der Waals surface area contributed by atoms with Crippen molar-refractivity contribution in [3.63, 3.8) is 0 Å². The van der Waals surface area contributed by atoms with Crippen molar-refractivity contribution in [2.75, 3.05) is 6.54 Å². The molecule has 0 saturated heterocycles. The lowest BCUT2D eigenvalue weighted by Crippen LogP contribution is -2.32. The van der Waals surface area contributed by atoms with E-state index in [9.17, 15) is 8.42 Å². The number of halogens is 1. The fourth-order valence-electron chi connectivity index (χ4n) is 2.88. The van der Waals surface area contributed by atoms with Gasteiger partial charge in [-0.05, 0) is 56.0 Å². The van der Waals surface area contributed by atoms with Gasteiger partial charge in [-0.25, -0.2) is 13.1 Å². The predicted molar refractivity (Wildman–Crippen MR) is 106 cm³/mol. The van der Waals surface area contributed by atoms with Gasteiger partial charge < -0.3 is 0 Å². The van der Waals surface area contributed by atoms with E-state index < -0.39 is 10.0 Å². The minimum atomic E-state index is -3.68. The van der Waals surface area contributed by atoms with Gasteiger partial charge in [-0.2, -0.15) is 5.10 Å². The van der Waals surface area contributed by atoms with Crippen LogP contribution < -0.4 is 4.72 Å². The molecule has 0 bridgehead atoms. The molecule has 3 rings (SSSR count). The van der Waals surface area contributed by atoms with Crippen LogP contribution in [0.25, 0.3) is 0 Å². The van der Waals surface area contributed by atoms with E-state index in [4.69, 9.17) is 11.6 Å². The van der Waals surface area contributed by atoms with Gasteiger partial charge in [0.25, 0.3) is 0 Å². The molecule has 138 valence electrons. The van der Waals surface area contributed by atoms with Crippen molar-refractivity contribution in [1.29, 1.82) is 0 Å². The molecule has 0 aliphatic rings. The summed E-state index contributed by atoms with van der Waals surface area (Å²) in [5.41, 5.74) is 2.54. The van der Waals surface area contributed by atoms with Crippen molar-refractivity contribution in [1.82, 2.24) is 14.5 Å². The first kappa shape index (κ1) is 19.1. The Labute approximate surface area is 162 Å². The van der Waals surface area contributed by atoms with Gasteiger partial charge in [0, 0.05) is 22.1 Å². The minimum absolute atomic E-state index is 0.197. The Morgan fingerprint density at radius 2 is 2.00 bits per heavy atom. The minimum Gasteiger partial charge on any atom is -0.260 e. The van der Waals surface area contributed by atoms with Crippen LogP contribution in [-0.2, 0) is 10.0 Å². The first-order valence-corrected chi connectivity index (χ1v) is 10.8. The topological polar surface area (TPSA) is 64.0 Å². The molecule has 0 radical (unpaired) electrons. The molecule has 0 saturated carbocycles. The first-order chi connectivity index (χ1) is 12.3. The predicted octanol–water partition coefficient (Wildman–Crippen LogP) is 4.09. The maximum Gasteiger partial charge on any atom is 0.240 e. The quantitative estimate of drug-likeness (QED) is 0.666. The van der Waals surface area contributed by atoms with Crippen LogP contribution >= 0.6 is 22.9 Å². The fraction of sp³-hybridized carbons (Fsp3) is 0.278. The second kappa shape index (κ2) is 7.52. The number of hydrogen-bond donors (Lipinski definition) is 1. The molecule has 2 heterocycles. The molecule has 8 heteroatoms. The Morgan fingerprint density at radius 3 is 2.62 bits per heavy atom. The second-order valence-corrected chi connectivity index (χ2v) is 9.32. The van der Waals surface area contributed by atoms with E-state index in [2.05, 4.69) is 9.82 Å². The maximum absolute atomic E-state index is 12.8. The van der Waals surface area contributed by atoms with Gasteiger partial charge in [-0.3, -0.25) is 4.68 Å². The molecule has 0 amide bonds. The van der Waals surface area contributed by atoms with Crippen molar-refractivity contribution in [2.45, 2.75) is 31.7 Å². The molecule has 0 spiro atoms. The van der Waals surface area contributed by atoms with Crippen LogP contribution in [0.5, 0.6) is 0 Å². The van der Waals surface area contributed by atoms with Crippen LogP contribution in [0.2, 0.25) is 5.02 Å². The second-order valence-electron chi connectivity index (χ2n) is 6.16. The van der Waals surface area contributed by atoms with Gasteiger partial charge >= 0.3 is 0 Å². The fourth-order valence-corrected chi connectivity index (χ4v) is 5.24. The summed E-state index contributed by atoms with van der Waals surface area (Å²) < 4.78 is 30.2. The van der Waals surface area contributed by atoms with E-state index >= 15 is 0 Å². The Hall–Kier alpha value is -1.67. The third-order valence-corrected chi connectivity index (χ3v) is 6.89. The van der Waals surface area contributed by atoms with Crippen LogP contribution in [0.3, 0.4) is 0 Å². The molecular formula is C18H20ClN3O2S2. The highest BCUT2D eigenvalue weighted by molar-refractivity contribution is 7.89. The zero-order chi connectivity index (χ0) is 18.9. The van der Waals surface area contributed by atoms with E-state index in [1.807, 2.05) is 42.1 Å². The van der Waals surface area contributed by atoms with E-state index in [1.165, 1.54) is 6.07 Å². The SMILES string of the molecule is Cc1cc(C)n(C(CNS(=O)(=O)c2cc(Cl)ccc2C)c2cccs2)n1. The third kappa shape index (κ3) is 4.01. The van der Waals surface area contributed by atoms with Gasteiger partial charge in [0.2, 0.25) is 10.0 Å². The molecule has 1 atom stereocenters. The van der Waals surface area contributed by atoms with Crippen LogP contribution in [0, 0.1) is 20.8 Å². The third-order valence-electron chi connectivity index (χ3n) is 4.12. The Morgan fingerprint density at radius 1 is 1.23 bits per heavy atom. The summed E-state index contributed by atoms with van der Waals surface area (Å²) in [5, 5.41) is 6.91. The van der Waals surface area contributed by atoms with Crippen LogP contribution in [-0.4, -0.2) is 24.7 Å². The molecule has 3 aromatic rings. The summed E-state index contributed by atoms with van der Waals surface area (Å²) >= 11 is 7.56. The summed E-state index contributed by atoms with van der Waals surface area (Å²) in [5.74, 6) is 0. The number of thiophene rings is 1. The van der Waals surface area contributed by atoms with E-state index in [0.29, 0.717) is 10.6 Å². The van der Waals surface area contributed by atoms with Crippen LogP contribution in [0.15, 0.2) is 46.7 Å². The molecule has 0 aliphatic carbocycles. The van der Waals surface area contributed by atoms with Gasteiger partial charge in [0.05, 0.1) is 16.6 Å². The Bertz CT molecular complexity index is 1010. The van der Waals surface area contributed by atoms with Crippen LogP contribution in [0.4, 0.5) is 0 Å². The molecule has 0 fully saturated rings. The summed E-state index contributed by atoms with van der Waals surface area (Å²) in [6.07, 6.45) is 0.